The van der Waals surface area contributed by atoms with Gasteiger partial charge in [0.15, 0.2) is 18.1 Å². The highest BCUT2D eigenvalue weighted by molar-refractivity contribution is 5.74. The van der Waals surface area contributed by atoms with Crippen LogP contribution < -0.4 is 29.4 Å². The smallest absolute Gasteiger partial charge is 0.349 e. The van der Waals surface area contributed by atoms with Crippen LogP contribution in [0.25, 0.3) is 0 Å². The molecule has 8 heteroatoms. The number of hydrogen-bond donors (Lipinski definition) is 1. The molecule has 0 saturated carbocycles. The zero-order valence-corrected chi connectivity index (χ0v) is 19.5. The van der Waals surface area contributed by atoms with E-state index in [2.05, 4.69) is 6.07 Å². The fourth-order valence-corrected chi connectivity index (χ4v) is 3.89. The third kappa shape index (κ3) is 4.84. The van der Waals surface area contributed by atoms with Gasteiger partial charge < -0.3 is 29.4 Å². The van der Waals surface area contributed by atoms with Crippen LogP contribution in [0.1, 0.15) is 22.6 Å². The van der Waals surface area contributed by atoms with Crippen LogP contribution >= 0.6 is 0 Å². The molecule has 35 heavy (non-hydrogen) atoms. The van der Waals surface area contributed by atoms with Gasteiger partial charge in [0.05, 0.1) is 20.1 Å². The maximum atomic E-state index is 12.4. The van der Waals surface area contributed by atoms with Gasteiger partial charge in [-0.3, -0.25) is 0 Å². The highest BCUT2D eigenvalue weighted by atomic mass is 16.6. The van der Waals surface area contributed by atoms with Gasteiger partial charge in [-0.05, 0) is 42.3 Å². The fraction of sp³-hybridized carbons (Fsp3) is 0.185. The predicted molar refractivity (Wildman–Crippen MR) is 128 cm³/mol. The van der Waals surface area contributed by atoms with Crippen molar-refractivity contribution in [3.63, 3.8) is 0 Å². The number of carbonyl (C=O) groups is 1. The number of rotatable bonds is 7. The summed E-state index contributed by atoms with van der Waals surface area (Å²) in [5.74, 6) is 1.25. The zero-order valence-electron chi connectivity index (χ0n) is 19.5. The van der Waals surface area contributed by atoms with Crippen LogP contribution in [0.3, 0.4) is 0 Å². The molecule has 0 radical (unpaired) electrons. The molecule has 178 valence electrons. The number of para-hydroxylation sites is 1. The van der Waals surface area contributed by atoms with Crippen molar-refractivity contribution < 1.29 is 28.5 Å². The largest absolute Gasteiger partial charge is 0.493 e. The summed E-state index contributed by atoms with van der Waals surface area (Å²) in [6, 6.07) is 19.9. The standard InChI is InChI=1S/C27H24N2O6/c1-16-6-4-5-7-21(16)33-15-25(30)34-18-9-10-19-23(13-18)35-27(29)20(14-28)26(19)17-8-11-22(31-2)24(12-17)32-3/h4-13,26H,15,29H2,1-3H3. The summed E-state index contributed by atoms with van der Waals surface area (Å²) in [7, 11) is 3.09. The van der Waals surface area contributed by atoms with E-state index in [4.69, 9.17) is 29.4 Å². The number of nitrogens with zero attached hydrogens (tertiary/aromatic N) is 1. The number of hydrogen-bond acceptors (Lipinski definition) is 8. The van der Waals surface area contributed by atoms with Gasteiger partial charge in [-0.25, -0.2) is 4.79 Å². The molecule has 0 aliphatic carbocycles. The number of nitriles is 1. The van der Waals surface area contributed by atoms with Crippen molar-refractivity contribution in [1.29, 1.82) is 5.26 Å². The van der Waals surface area contributed by atoms with Gasteiger partial charge in [-0.15, -0.1) is 0 Å². The number of benzene rings is 3. The van der Waals surface area contributed by atoms with Crippen molar-refractivity contribution >= 4 is 5.97 Å². The average Bonchev–Trinajstić information content (AvgIpc) is 2.86. The van der Waals surface area contributed by atoms with Gasteiger partial charge in [0.2, 0.25) is 5.88 Å². The van der Waals surface area contributed by atoms with Crippen molar-refractivity contribution in [3.05, 3.63) is 88.8 Å². The second kappa shape index (κ2) is 10.1. The first kappa shape index (κ1) is 23.5. The monoisotopic (exact) mass is 472 g/mol. The van der Waals surface area contributed by atoms with Crippen molar-refractivity contribution in [2.45, 2.75) is 12.8 Å². The second-order valence-electron chi connectivity index (χ2n) is 7.77. The van der Waals surface area contributed by atoms with Gasteiger partial charge in [0, 0.05) is 11.6 Å². The minimum absolute atomic E-state index is 0.0221. The summed E-state index contributed by atoms with van der Waals surface area (Å²) in [4.78, 5) is 12.4. The van der Waals surface area contributed by atoms with Crippen molar-refractivity contribution in [3.8, 4) is 34.8 Å². The summed E-state index contributed by atoms with van der Waals surface area (Å²) < 4.78 is 27.4. The Kier molecular flexibility index (Phi) is 6.78. The Balaban J connectivity index is 1.59. The van der Waals surface area contributed by atoms with Gasteiger partial charge in [-0.1, -0.05) is 30.3 Å². The SMILES string of the molecule is COc1ccc(C2C(C#N)=C(N)Oc3cc(OC(=O)COc4ccccc4C)ccc32)cc1OC. The molecule has 0 bridgehead atoms. The average molecular weight is 472 g/mol. The number of aryl methyl sites for hydroxylation is 1. The lowest BCUT2D eigenvalue weighted by Gasteiger charge is -2.27. The van der Waals surface area contributed by atoms with E-state index in [1.165, 1.54) is 0 Å². The summed E-state index contributed by atoms with van der Waals surface area (Å²) >= 11 is 0. The molecule has 8 nitrogen and oxygen atoms in total. The van der Waals surface area contributed by atoms with Gasteiger partial charge in [0.1, 0.15) is 28.9 Å². The molecular formula is C27H24N2O6. The van der Waals surface area contributed by atoms with E-state index in [9.17, 15) is 10.1 Å². The maximum Gasteiger partial charge on any atom is 0.349 e. The Hall–Kier alpha value is -4.64. The minimum atomic E-state index is -0.568. The molecule has 3 aromatic carbocycles. The van der Waals surface area contributed by atoms with Crippen LogP contribution in [0.15, 0.2) is 72.1 Å². The van der Waals surface area contributed by atoms with E-state index >= 15 is 0 Å². The van der Waals surface area contributed by atoms with E-state index in [0.29, 0.717) is 28.6 Å². The normalized spacial score (nSPS) is 14.3. The molecule has 0 amide bonds. The van der Waals surface area contributed by atoms with Crippen LogP contribution in [0.4, 0.5) is 0 Å². The fourth-order valence-electron chi connectivity index (χ4n) is 3.89. The van der Waals surface area contributed by atoms with E-state index in [0.717, 1.165) is 11.1 Å². The molecule has 1 unspecified atom stereocenters. The molecule has 3 aromatic rings. The Morgan fingerprint density at radius 1 is 1.03 bits per heavy atom. The van der Waals surface area contributed by atoms with Crippen molar-refractivity contribution in [2.75, 3.05) is 20.8 Å². The molecule has 2 N–H and O–H groups in total. The molecule has 1 heterocycles. The van der Waals surface area contributed by atoms with E-state index in [1.54, 1.807) is 50.6 Å². The predicted octanol–water partition coefficient (Wildman–Crippen LogP) is 4.21. The number of fused-ring (bicyclic) bond motifs is 1. The Morgan fingerprint density at radius 3 is 2.51 bits per heavy atom. The van der Waals surface area contributed by atoms with Gasteiger partial charge in [0.25, 0.3) is 0 Å². The van der Waals surface area contributed by atoms with Gasteiger partial charge >= 0.3 is 5.97 Å². The number of ether oxygens (including phenoxy) is 5. The van der Waals surface area contributed by atoms with E-state index in [-0.39, 0.29) is 23.8 Å². The van der Waals surface area contributed by atoms with Crippen LogP contribution in [-0.2, 0) is 4.79 Å². The zero-order chi connectivity index (χ0) is 24.9. The molecule has 1 atom stereocenters. The number of esters is 1. The minimum Gasteiger partial charge on any atom is -0.493 e. The number of allylic oxidation sites excluding steroid dienone is 1. The molecule has 4 rings (SSSR count). The van der Waals surface area contributed by atoms with Crippen LogP contribution in [0.5, 0.6) is 28.7 Å². The molecule has 1 aliphatic rings. The first-order valence-electron chi connectivity index (χ1n) is 10.8. The lowest BCUT2D eigenvalue weighted by Crippen LogP contribution is -2.22. The first-order valence-corrected chi connectivity index (χ1v) is 10.8. The molecule has 0 spiro atoms. The Labute approximate surface area is 203 Å². The molecule has 0 saturated heterocycles. The first-order chi connectivity index (χ1) is 16.9. The lowest BCUT2D eigenvalue weighted by atomic mass is 9.83. The number of methoxy groups -OCH3 is 2. The molecular weight excluding hydrogens is 448 g/mol. The Bertz CT molecular complexity index is 1340. The number of nitrogens with two attached hydrogens (primary N) is 1. The topological polar surface area (TPSA) is 113 Å². The highest BCUT2D eigenvalue weighted by Crippen LogP contribution is 2.45. The number of carbonyl (C=O) groups excluding carboxylic acids is 1. The van der Waals surface area contributed by atoms with Gasteiger partial charge in [-0.2, -0.15) is 5.26 Å². The van der Waals surface area contributed by atoms with Crippen LogP contribution in [-0.4, -0.2) is 26.8 Å². The van der Waals surface area contributed by atoms with E-state index < -0.39 is 11.9 Å². The highest BCUT2D eigenvalue weighted by Gasteiger charge is 2.31. The van der Waals surface area contributed by atoms with Crippen molar-refractivity contribution in [1.82, 2.24) is 0 Å². The summed E-state index contributed by atoms with van der Waals surface area (Å²) in [6.07, 6.45) is 0. The quantitative estimate of drug-likeness (QED) is 0.402. The third-order valence-electron chi connectivity index (χ3n) is 5.60. The molecule has 0 fully saturated rings. The summed E-state index contributed by atoms with van der Waals surface area (Å²) in [5.41, 5.74) is 8.73. The summed E-state index contributed by atoms with van der Waals surface area (Å²) in [5, 5.41) is 9.79. The Morgan fingerprint density at radius 2 is 1.80 bits per heavy atom. The molecule has 0 aromatic heterocycles. The second-order valence-corrected chi connectivity index (χ2v) is 7.77. The van der Waals surface area contributed by atoms with Crippen molar-refractivity contribution in [2.24, 2.45) is 5.73 Å². The van der Waals surface area contributed by atoms with Crippen LogP contribution in [0.2, 0.25) is 0 Å². The maximum absolute atomic E-state index is 12.4. The summed E-state index contributed by atoms with van der Waals surface area (Å²) in [6.45, 7) is 1.64. The lowest BCUT2D eigenvalue weighted by molar-refractivity contribution is -0.136. The van der Waals surface area contributed by atoms with E-state index in [1.807, 2.05) is 31.2 Å². The van der Waals surface area contributed by atoms with Crippen LogP contribution in [0, 0.1) is 18.3 Å². The third-order valence-corrected chi connectivity index (χ3v) is 5.60. The molecule has 1 aliphatic heterocycles.